The zero-order valence-electron chi connectivity index (χ0n) is 11.4. The third-order valence-electron chi connectivity index (χ3n) is 3.19. The summed E-state index contributed by atoms with van der Waals surface area (Å²) >= 11 is 0. The highest BCUT2D eigenvalue weighted by Crippen LogP contribution is 2.18. The molecule has 1 amide bonds. The minimum atomic E-state index is -0.421. The minimum absolute atomic E-state index is 0.421. The van der Waals surface area contributed by atoms with Crippen LogP contribution in [-0.2, 0) is 6.54 Å². The first-order chi connectivity index (χ1) is 9.04. The van der Waals surface area contributed by atoms with Crippen LogP contribution in [0.1, 0.15) is 27.3 Å². The fraction of sp³-hybridized carbons (Fsp3) is 0.286. The number of nitrogens with two attached hydrogens (primary N) is 1. The Bertz CT molecular complexity index is 599. The van der Waals surface area contributed by atoms with Gasteiger partial charge in [-0.3, -0.25) is 4.79 Å². The first kappa shape index (κ1) is 13.3. The lowest BCUT2D eigenvalue weighted by Crippen LogP contribution is -2.11. The molecular weight excluding hydrogens is 240 g/mol. The number of primary amides is 1. The van der Waals surface area contributed by atoms with Crippen LogP contribution in [0.25, 0.3) is 5.69 Å². The van der Waals surface area contributed by atoms with E-state index >= 15 is 0 Å². The van der Waals surface area contributed by atoms with Crippen LogP contribution in [-0.4, -0.2) is 22.7 Å². The van der Waals surface area contributed by atoms with Crippen molar-refractivity contribution in [3.63, 3.8) is 0 Å². The zero-order chi connectivity index (χ0) is 14.0. The van der Waals surface area contributed by atoms with E-state index in [-0.39, 0.29) is 0 Å². The van der Waals surface area contributed by atoms with Gasteiger partial charge >= 0.3 is 0 Å². The van der Waals surface area contributed by atoms with Gasteiger partial charge in [0.15, 0.2) is 0 Å². The lowest BCUT2D eigenvalue weighted by atomic mass is 10.2. The fourth-order valence-electron chi connectivity index (χ4n) is 2.13. The average Bonchev–Trinajstić information content (AvgIpc) is 2.67. The second-order valence-electron chi connectivity index (χ2n) is 4.50. The summed E-state index contributed by atoms with van der Waals surface area (Å²) < 4.78 is 1.88. The molecule has 5 nitrogen and oxygen atoms in total. The van der Waals surface area contributed by atoms with Crippen LogP contribution in [0, 0.1) is 13.8 Å². The largest absolute Gasteiger partial charge is 0.366 e. The number of aromatic nitrogens is 2. The normalized spacial score (nSPS) is 10.7. The standard InChI is InChI=1S/C14H18N4O/c1-9-13(8-16-3)10(2)18(17-9)12-6-4-11(5-7-12)14(15)19/h4-7,16H,8H2,1-3H3,(H2,15,19). The van der Waals surface area contributed by atoms with Crippen molar-refractivity contribution >= 4 is 5.91 Å². The molecule has 0 aliphatic carbocycles. The summed E-state index contributed by atoms with van der Waals surface area (Å²) in [6, 6.07) is 7.13. The predicted molar refractivity (Wildman–Crippen MR) is 74.3 cm³/mol. The number of hydrogen-bond donors (Lipinski definition) is 2. The van der Waals surface area contributed by atoms with E-state index in [4.69, 9.17) is 5.73 Å². The molecule has 0 spiro atoms. The molecule has 100 valence electrons. The van der Waals surface area contributed by atoms with Crippen LogP contribution in [0.15, 0.2) is 24.3 Å². The summed E-state index contributed by atoms with van der Waals surface area (Å²) in [5, 5.41) is 7.67. The summed E-state index contributed by atoms with van der Waals surface area (Å²) in [6.45, 7) is 4.82. The van der Waals surface area contributed by atoms with Crippen molar-refractivity contribution in [2.24, 2.45) is 5.73 Å². The van der Waals surface area contributed by atoms with E-state index in [1.165, 1.54) is 5.56 Å². The SMILES string of the molecule is CNCc1c(C)nn(-c2ccc(C(N)=O)cc2)c1C. The predicted octanol–water partition coefficient (Wildman–Crippen LogP) is 1.31. The number of aryl methyl sites for hydroxylation is 1. The summed E-state index contributed by atoms with van der Waals surface area (Å²) in [6.07, 6.45) is 0. The molecule has 2 aromatic rings. The molecule has 2 rings (SSSR count). The molecule has 0 saturated heterocycles. The molecule has 1 aromatic carbocycles. The Kier molecular flexibility index (Phi) is 3.66. The van der Waals surface area contributed by atoms with Gasteiger partial charge in [0.05, 0.1) is 11.4 Å². The summed E-state index contributed by atoms with van der Waals surface area (Å²) in [5.41, 5.74) is 9.95. The Labute approximate surface area is 112 Å². The van der Waals surface area contributed by atoms with Crippen LogP contribution in [0.5, 0.6) is 0 Å². The third-order valence-corrected chi connectivity index (χ3v) is 3.19. The smallest absolute Gasteiger partial charge is 0.248 e. The maximum atomic E-state index is 11.1. The Morgan fingerprint density at radius 2 is 1.95 bits per heavy atom. The second kappa shape index (κ2) is 5.24. The highest BCUT2D eigenvalue weighted by Gasteiger charge is 2.12. The maximum absolute atomic E-state index is 11.1. The molecule has 0 aliphatic rings. The first-order valence-corrected chi connectivity index (χ1v) is 6.14. The molecule has 0 atom stereocenters. The Morgan fingerprint density at radius 3 is 2.47 bits per heavy atom. The van der Waals surface area contributed by atoms with Gasteiger partial charge in [0.2, 0.25) is 5.91 Å². The van der Waals surface area contributed by atoms with E-state index in [9.17, 15) is 4.79 Å². The van der Waals surface area contributed by atoms with E-state index in [1.54, 1.807) is 12.1 Å². The number of benzene rings is 1. The number of rotatable bonds is 4. The van der Waals surface area contributed by atoms with Gasteiger partial charge in [-0.15, -0.1) is 0 Å². The van der Waals surface area contributed by atoms with E-state index in [0.29, 0.717) is 5.56 Å². The highest BCUT2D eigenvalue weighted by molar-refractivity contribution is 5.92. The van der Waals surface area contributed by atoms with Crippen LogP contribution in [0.3, 0.4) is 0 Å². The Balaban J connectivity index is 2.41. The van der Waals surface area contributed by atoms with Gasteiger partial charge in [0.1, 0.15) is 0 Å². The molecule has 0 saturated carbocycles. The van der Waals surface area contributed by atoms with Crippen molar-refractivity contribution in [1.82, 2.24) is 15.1 Å². The van der Waals surface area contributed by atoms with Gasteiger partial charge in [-0.25, -0.2) is 4.68 Å². The summed E-state index contributed by atoms with van der Waals surface area (Å²) in [5.74, 6) is -0.421. The van der Waals surface area contributed by atoms with Gasteiger partial charge in [0, 0.05) is 23.4 Å². The summed E-state index contributed by atoms with van der Waals surface area (Å²) in [4.78, 5) is 11.1. The zero-order valence-corrected chi connectivity index (χ0v) is 11.4. The molecule has 0 fully saturated rings. The quantitative estimate of drug-likeness (QED) is 0.868. The molecule has 3 N–H and O–H groups in total. The Morgan fingerprint density at radius 1 is 1.32 bits per heavy atom. The average molecular weight is 258 g/mol. The lowest BCUT2D eigenvalue weighted by molar-refractivity contribution is 0.100. The van der Waals surface area contributed by atoms with Crippen LogP contribution in [0.4, 0.5) is 0 Å². The topological polar surface area (TPSA) is 72.9 Å². The number of amides is 1. The fourth-order valence-corrected chi connectivity index (χ4v) is 2.13. The lowest BCUT2D eigenvalue weighted by Gasteiger charge is -2.06. The molecular formula is C14H18N4O. The van der Waals surface area contributed by atoms with Gasteiger partial charge in [-0.2, -0.15) is 5.10 Å². The van der Waals surface area contributed by atoms with E-state index in [1.807, 2.05) is 37.7 Å². The maximum Gasteiger partial charge on any atom is 0.248 e. The van der Waals surface area contributed by atoms with E-state index in [2.05, 4.69) is 10.4 Å². The van der Waals surface area contributed by atoms with Crippen molar-refractivity contribution < 1.29 is 4.79 Å². The van der Waals surface area contributed by atoms with Gasteiger partial charge in [-0.05, 0) is 45.2 Å². The van der Waals surface area contributed by atoms with Gasteiger partial charge in [-0.1, -0.05) is 0 Å². The summed E-state index contributed by atoms with van der Waals surface area (Å²) in [7, 11) is 1.91. The van der Waals surface area contributed by atoms with Crippen molar-refractivity contribution in [3.05, 3.63) is 46.8 Å². The molecule has 0 unspecified atom stereocenters. The number of nitrogens with one attached hydrogen (secondary N) is 1. The number of hydrogen-bond acceptors (Lipinski definition) is 3. The molecule has 0 bridgehead atoms. The van der Waals surface area contributed by atoms with Crippen LogP contribution >= 0.6 is 0 Å². The van der Waals surface area contributed by atoms with Crippen LogP contribution < -0.4 is 11.1 Å². The minimum Gasteiger partial charge on any atom is -0.366 e. The number of carbonyl (C=O) groups is 1. The van der Waals surface area contributed by atoms with Crippen molar-refractivity contribution in [2.45, 2.75) is 20.4 Å². The van der Waals surface area contributed by atoms with Gasteiger partial charge < -0.3 is 11.1 Å². The first-order valence-electron chi connectivity index (χ1n) is 6.14. The van der Waals surface area contributed by atoms with Crippen LogP contribution in [0.2, 0.25) is 0 Å². The monoisotopic (exact) mass is 258 g/mol. The second-order valence-corrected chi connectivity index (χ2v) is 4.50. The molecule has 1 heterocycles. The third kappa shape index (κ3) is 2.51. The van der Waals surface area contributed by atoms with E-state index < -0.39 is 5.91 Å². The Hall–Kier alpha value is -2.14. The molecule has 5 heteroatoms. The molecule has 1 aromatic heterocycles. The van der Waals surface area contributed by atoms with Crippen molar-refractivity contribution in [3.8, 4) is 5.69 Å². The van der Waals surface area contributed by atoms with Gasteiger partial charge in [0.25, 0.3) is 0 Å². The highest BCUT2D eigenvalue weighted by atomic mass is 16.1. The molecule has 0 radical (unpaired) electrons. The number of nitrogens with zero attached hydrogens (tertiary/aromatic N) is 2. The van der Waals surface area contributed by atoms with Crippen molar-refractivity contribution in [2.75, 3.05) is 7.05 Å². The number of carbonyl (C=O) groups excluding carboxylic acids is 1. The van der Waals surface area contributed by atoms with Crippen molar-refractivity contribution in [1.29, 1.82) is 0 Å². The molecule has 0 aliphatic heterocycles. The molecule has 19 heavy (non-hydrogen) atoms. The van der Waals surface area contributed by atoms with E-state index in [0.717, 1.165) is 23.6 Å².